The van der Waals surface area contributed by atoms with Gasteiger partial charge in [-0.2, -0.15) is 0 Å². The van der Waals surface area contributed by atoms with Crippen LogP contribution in [0.3, 0.4) is 0 Å². The van der Waals surface area contributed by atoms with E-state index >= 15 is 0 Å². The van der Waals surface area contributed by atoms with Crippen molar-refractivity contribution in [2.24, 2.45) is 4.99 Å². The summed E-state index contributed by atoms with van der Waals surface area (Å²) in [7, 11) is 0. The fraction of sp³-hybridized carbons (Fsp3) is 0.278. The summed E-state index contributed by atoms with van der Waals surface area (Å²) in [5.41, 5.74) is 2.32. The smallest absolute Gasteiger partial charge is 0.216 e. The summed E-state index contributed by atoms with van der Waals surface area (Å²) in [6.45, 7) is 2.12. The summed E-state index contributed by atoms with van der Waals surface area (Å²) in [6.07, 6.45) is 2.27. The molecule has 0 N–H and O–H groups in total. The van der Waals surface area contributed by atoms with E-state index in [9.17, 15) is 0 Å². The molecule has 2 heteroatoms. The number of hydrogen-bond donors (Lipinski definition) is 0. The minimum Gasteiger partial charge on any atom is -0.474 e. The first-order valence-electron chi connectivity index (χ1n) is 7.18. The largest absolute Gasteiger partial charge is 0.474 e. The van der Waals surface area contributed by atoms with E-state index in [1.54, 1.807) is 0 Å². The van der Waals surface area contributed by atoms with E-state index < -0.39 is 0 Å². The average Bonchev–Trinajstić information content (AvgIpc) is 2.71. The first kappa shape index (κ1) is 12.9. The van der Waals surface area contributed by atoms with Crippen molar-refractivity contribution in [3.63, 3.8) is 0 Å². The SMILES string of the molecule is CC1CC[C@H](c2ccccc2)N=C(c2ccccc2)O1. The molecule has 0 spiro atoms. The van der Waals surface area contributed by atoms with Crippen molar-refractivity contribution >= 4 is 5.90 Å². The summed E-state index contributed by atoms with van der Waals surface area (Å²) in [5, 5.41) is 0. The average molecular weight is 265 g/mol. The Bertz CT molecular complexity index is 577. The molecule has 0 fully saturated rings. The highest BCUT2D eigenvalue weighted by Crippen LogP contribution is 2.28. The molecule has 1 aliphatic heterocycles. The van der Waals surface area contributed by atoms with E-state index in [1.165, 1.54) is 5.56 Å². The van der Waals surface area contributed by atoms with Crippen LogP contribution in [-0.4, -0.2) is 12.0 Å². The molecule has 0 aliphatic carbocycles. The summed E-state index contributed by atoms with van der Waals surface area (Å²) in [6, 6.07) is 20.8. The first-order valence-corrected chi connectivity index (χ1v) is 7.18. The van der Waals surface area contributed by atoms with Gasteiger partial charge in [-0.05, 0) is 37.5 Å². The van der Waals surface area contributed by atoms with Crippen molar-refractivity contribution in [1.82, 2.24) is 0 Å². The molecule has 2 aromatic carbocycles. The number of rotatable bonds is 2. The molecular weight excluding hydrogens is 246 g/mol. The molecule has 2 atom stereocenters. The van der Waals surface area contributed by atoms with Gasteiger partial charge < -0.3 is 4.74 Å². The second-order valence-corrected chi connectivity index (χ2v) is 5.23. The van der Waals surface area contributed by atoms with Crippen LogP contribution < -0.4 is 0 Å². The van der Waals surface area contributed by atoms with Gasteiger partial charge in [0.15, 0.2) is 0 Å². The summed E-state index contributed by atoms with van der Waals surface area (Å²) in [5.74, 6) is 0.768. The zero-order chi connectivity index (χ0) is 13.8. The number of aliphatic imine (C=N–C) groups is 1. The van der Waals surface area contributed by atoms with Crippen LogP contribution in [0, 0.1) is 0 Å². The number of ether oxygens (including phenoxy) is 1. The predicted octanol–water partition coefficient (Wildman–Crippen LogP) is 4.37. The Morgan fingerprint density at radius 3 is 2.25 bits per heavy atom. The number of hydrogen-bond acceptors (Lipinski definition) is 2. The van der Waals surface area contributed by atoms with Crippen LogP contribution in [0.15, 0.2) is 65.7 Å². The molecule has 0 amide bonds. The molecule has 0 saturated carbocycles. The van der Waals surface area contributed by atoms with Crippen LogP contribution in [0.25, 0.3) is 0 Å². The highest BCUT2D eigenvalue weighted by Gasteiger charge is 2.20. The Kier molecular flexibility index (Phi) is 3.82. The molecule has 1 heterocycles. The van der Waals surface area contributed by atoms with E-state index in [-0.39, 0.29) is 12.1 Å². The van der Waals surface area contributed by atoms with Crippen LogP contribution in [0.4, 0.5) is 0 Å². The monoisotopic (exact) mass is 265 g/mol. The Morgan fingerprint density at radius 2 is 1.55 bits per heavy atom. The first-order chi connectivity index (χ1) is 9.83. The normalized spacial score (nSPS) is 22.6. The van der Waals surface area contributed by atoms with Crippen LogP contribution in [0.1, 0.15) is 36.9 Å². The van der Waals surface area contributed by atoms with Gasteiger partial charge in [-0.25, -0.2) is 4.99 Å². The van der Waals surface area contributed by atoms with Crippen LogP contribution >= 0.6 is 0 Å². The van der Waals surface area contributed by atoms with Gasteiger partial charge in [0.25, 0.3) is 0 Å². The van der Waals surface area contributed by atoms with E-state index in [0.29, 0.717) is 0 Å². The standard InChI is InChI=1S/C18H19NO/c1-14-12-13-17(15-8-4-2-5-9-15)19-18(20-14)16-10-6-3-7-11-16/h2-11,14,17H,12-13H2,1H3/t14?,17-/m1/s1. The molecule has 0 saturated heterocycles. The fourth-order valence-corrected chi connectivity index (χ4v) is 2.52. The third-order valence-corrected chi connectivity index (χ3v) is 3.64. The lowest BCUT2D eigenvalue weighted by Crippen LogP contribution is -2.13. The zero-order valence-electron chi connectivity index (χ0n) is 11.7. The molecule has 2 nitrogen and oxygen atoms in total. The van der Waals surface area contributed by atoms with E-state index in [1.807, 2.05) is 24.3 Å². The van der Waals surface area contributed by atoms with Gasteiger partial charge in [-0.3, -0.25) is 0 Å². The molecule has 0 radical (unpaired) electrons. The van der Waals surface area contributed by atoms with Gasteiger partial charge >= 0.3 is 0 Å². The van der Waals surface area contributed by atoms with Crippen molar-refractivity contribution < 1.29 is 4.74 Å². The topological polar surface area (TPSA) is 21.6 Å². The fourth-order valence-electron chi connectivity index (χ4n) is 2.52. The van der Waals surface area contributed by atoms with Crippen molar-refractivity contribution in [2.75, 3.05) is 0 Å². The third kappa shape index (κ3) is 2.90. The lowest BCUT2D eigenvalue weighted by Gasteiger charge is -2.12. The highest BCUT2D eigenvalue weighted by atomic mass is 16.5. The maximum absolute atomic E-state index is 6.00. The molecule has 0 aromatic heterocycles. The van der Waals surface area contributed by atoms with Crippen molar-refractivity contribution in [3.8, 4) is 0 Å². The quantitative estimate of drug-likeness (QED) is 0.790. The van der Waals surface area contributed by atoms with Crippen LogP contribution in [0.2, 0.25) is 0 Å². The maximum Gasteiger partial charge on any atom is 0.216 e. The Morgan fingerprint density at radius 1 is 0.900 bits per heavy atom. The molecule has 102 valence electrons. The van der Waals surface area contributed by atoms with Gasteiger partial charge in [0.1, 0.15) is 0 Å². The molecule has 0 bridgehead atoms. The maximum atomic E-state index is 6.00. The summed E-state index contributed by atoms with van der Waals surface area (Å²) < 4.78 is 6.00. The lowest BCUT2D eigenvalue weighted by molar-refractivity contribution is 0.203. The van der Waals surface area contributed by atoms with Gasteiger partial charge in [0.2, 0.25) is 5.90 Å². The van der Waals surface area contributed by atoms with Gasteiger partial charge in [0.05, 0.1) is 12.1 Å². The minimum absolute atomic E-state index is 0.191. The third-order valence-electron chi connectivity index (χ3n) is 3.64. The summed E-state index contributed by atoms with van der Waals surface area (Å²) in [4.78, 5) is 4.86. The molecule has 20 heavy (non-hydrogen) atoms. The molecule has 1 unspecified atom stereocenters. The van der Waals surface area contributed by atoms with E-state index in [2.05, 4.69) is 43.3 Å². The minimum atomic E-state index is 0.191. The Labute approximate surface area is 120 Å². The van der Waals surface area contributed by atoms with Crippen LogP contribution in [0.5, 0.6) is 0 Å². The molecular formula is C18H19NO. The Balaban J connectivity index is 1.96. The number of benzene rings is 2. The summed E-state index contributed by atoms with van der Waals surface area (Å²) >= 11 is 0. The zero-order valence-corrected chi connectivity index (χ0v) is 11.7. The van der Waals surface area contributed by atoms with E-state index in [4.69, 9.17) is 9.73 Å². The number of nitrogens with zero attached hydrogens (tertiary/aromatic N) is 1. The van der Waals surface area contributed by atoms with Gasteiger partial charge in [0, 0.05) is 5.56 Å². The van der Waals surface area contributed by atoms with E-state index in [0.717, 1.165) is 24.3 Å². The van der Waals surface area contributed by atoms with Crippen molar-refractivity contribution in [2.45, 2.75) is 31.9 Å². The van der Waals surface area contributed by atoms with Gasteiger partial charge in [-0.15, -0.1) is 0 Å². The highest BCUT2D eigenvalue weighted by molar-refractivity contribution is 5.94. The molecule has 3 rings (SSSR count). The predicted molar refractivity (Wildman–Crippen MR) is 81.9 cm³/mol. The van der Waals surface area contributed by atoms with Crippen molar-refractivity contribution in [1.29, 1.82) is 0 Å². The second-order valence-electron chi connectivity index (χ2n) is 5.23. The van der Waals surface area contributed by atoms with Gasteiger partial charge in [-0.1, -0.05) is 48.5 Å². The Hall–Kier alpha value is -2.09. The molecule has 1 aliphatic rings. The lowest BCUT2D eigenvalue weighted by atomic mass is 10.0. The second kappa shape index (κ2) is 5.91. The van der Waals surface area contributed by atoms with Crippen LogP contribution in [-0.2, 0) is 4.74 Å². The molecule has 2 aromatic rings. The van der Waals surface area contributed by atoms with Crippen molar-refractivity contribution in [3.05, 3.63) is 71.8 Å².